The van der Waals surface area contributed by atoms with E-state index in [1.807, 2.05) is 0 Å². The minimum absolute atomic E-state index is 0.129. The minimum Gasteiger partial charge on any atom is -0.356 e. The number of rotatable bonds is 7. The summed E-state index contributed by atoms with van der Waals surface area (Å²) in [7, 11) is -1.18. The van der Waals surface area contributed by atoms with Crippen molar-refractivity contribution in [1.29, 1.82) is 0 Å². The molecule has 27 heavy (non-hydrogen) atoms. The SMILES string of the molecule is CN=C(NCC(C)(C)CCS(C)(=O)=O)NC(C)c1ccc2c(c1)CCCC2. The lowest BCUT2D eigenvalue weighted by molar-refractivity contribution is 0.348. The van der Waals surface area contributed by atoms with Gasteiger partial charge in [0, 0.05) is 19.8 Å². The third-order valence-corrected chi connectivity index (χ3v) is 6.28. The van der Waals surface area contributed by atoms with Crippen molar-refractivity contribution in [2.24, 2.45) is 10.4 Å². The predicted molar refractivity (Wildman–Crippen MR) is 114 cm³/mol. The van der Waals surface area contributed by atoms with Crippen molar-refractivity contribution >= 4 is 15.8 Å². The first-order valence-corrected chi connectivity index (χ1v) is 11.9. The molecule has 5 nitrogen and oxygen atoms in total. The maximum absolute atomic E-state index is 11.4. The zero-order valence-electron chi connectivity index (χ0n) is 17.4. The Morgan fingerprint density at radius 3 is 2.52 bits per heavy atom. The number of nitrogens with zero attached hydrogens (tertiary/aromatic N) is 1. The van der Waals surface area contributed by atoms with Gasteiger partial charge in [-0.25, -0.2) is 8.42 Å². The number of sulfone groups is 1. The zero-order valence-corrected chi connectivity index (χ0v) is 18.2. The summed E-state index contributed by atoms with van der Waals surface area (Å²) in [4.78, 5) is 4.33. The molecule has 0 aliphatic heterocycles. The lowest BCUT2D eigenvalue weighted by Crippen LogP contribution is -2.43. The number of guanidine groups is 1. The Morgan fingerprint density at radius 2 is 1.89 bits per heavy atom. The Hall–Kier alpha value is -1.56. The largest absolute Gasteiger partial charge is 0.356 e. The van der Waals surface area contributed by atoms with E-state index in [1.54, 1.807) is 7.05 Å². The highest BCUT2D eigenvalue weighted by molar-refractivity contribution is 7.90. The van der Waals surface area contributed by atoms with Gasteiger partial charge in [0.15, 0.2) is 5.96 Å². The number of nitrogens with one attached hydrogen (secondary N) is 2. The first-order chi connectivity index (χ1) is 12.6. The van der Waals surface area contributed by atoms with Gasteiger partial charge in [0.1, 0.15) is 9.84 Å². The molecule has 1 unspecified atom stereocenters. The molecule has 152 valence electrons. The van der Waals surface area contributed by atoms with Crippen LogP contribution in [0.4, 0.5) is 0 Å². The Bertz CT molecular complexity index is 770. The van der Waals surface area contributed by atoms with Crippen LogP contribution in [0.2, 0.25) is 0 Å². The molecule has 0 amide bonds. The second-order valence-corrected chi connectivity index (χ2v) is 10.8. The summed E-state index contributed by atoms with van der Waals surface area (Å²) in [5.74, 6) is 0.951. The van der Waals surface area contributed by atoms with Gasteiger partial charge < -0.3 is 10.6 Å². The summed E-state index contributed by atoms with van der Waals surface area (Å²) >= 11 is 0. The number of aryl methyl sites for hydroxylation is 2. The number of hydrogen-bond acceptors (Lipinski definition) is 3. The van der Waals surface area contributed by atoms with E-state index in [1.165, 1.54) is 48.6 Å². The molecule has 1 aliphatic carbocycles. The van der Waals surface area contributed by atoms with Crippen molar-refractivity contribution in [2.45, 2.75) is 58.9 Å². The Kier molecular flexibility index (Phi) is 7.32. The van der Waals surface area contributed by atoms with Gasteiger partial charge in [0.05, 0.1) is 11.8 Å². The van der Waals surface area contributed by atoms with Crippen LogP contribution in [0.3, 0.4) is 0 Å². The fraction of sp³-hybridized carbons (Fsp3) is 0.667. The molecule has 2 rings (SSSR count). The minimum atomic E-state index is -2.94. The van der Waals surface area contributed by atoms with E-state index in [0.717, 1.165) is 5.96 Å². The Labute approximate surface area is 165 Å². The smallest absolute Gasteiger partial charge is 0.191 e. The summed E-state index contributed by atoms with van der Waals surface area (Å²) in [5, 5.41) is 6.81. The van der Waals surface area contributed by atoms with Crippen molar-refractivity contribution in [3.05, 3.63) is 34.9 Å². The average molecular weight is 394 g/mol. The van der Waals surface area contributed by atoms with Crippen molar-refractivity contribution in [1.82, 2.24) is 10.6 Å². The first kappa shape index (κ1) is 21.7. The van der Waals surface area contributed by atoms with E-state index in [2.05, 4.69) is 54.6 Å². The molecule has 6 heteroatoms. The van der Waals surface area contributed by atoms with Gasteiger partial charge >= 0.3 is 0 Å². The molecule has 0 heterocycles. The van der Waals surface area contributed by atoms with E-state index in [0.29, 0.717) is 13.0 Å². The van der Waals surface area contributed by atoms with Crippen LogP contribution in [0.25, 0.3) is 0 Å². The molecule has 0 spiro atoms. The number of benzene rings is 1. The van der Waals surface area contributed by atoms with Gasteiger partial charge in [0.25, 0.3) is 0 Å². The van der Waals surface area contributed by atoms with Crippen molar-refractivity contribution in [3.63, 3.8) is 0 Å². The van der Waals surface area contributed by atoms with Crippen LogP contribution < -0.4 is 10.6 Å². The Balaban J connectivity index is 1.92. The molecule has 1 atom stereocenters. The second kappa shape index (κ2) is 9.09. The summed E-state index contributed by atoms with van der Waals surface area (Å²) in [6, 6.07) is 6.97. The van der Waals surface area contributed by atoms with Crippen molar-refractivity contribution in [3.8, 4) is 0 Å². The Morgan fingerprint density at radius 1 is 1.22 bits per heavy atom. The van der Waals surface area contributed by atoms with Gasteiger partial charge in [0.2, 0.25) is 0 Å². The highest BCUT2D eigenvalue weighted by Crippen LogP contribution is 2.25. The number of hydrogen-bond donors (Lipinski definition) is 2. The predicted octanol–water partition coefficient (Wildman–Crippen LogP) is 3.25. The van der Waals surface area contributed by atoms with E-state index in [9.17, 15) is 8.42 Å². The molecule has 1 aromatic rings. The highest BCUT2D eigenvalue weighted by Gasteiger charge is 2.21. The molecule has 0 aromatic heterocycles. The van der Waals surface area contributed by atoms with Gasteiger partial charge in [-0.2, -0.15) is 0 Å². The van der Waals surface area contributed by atoms with E-state index >= 15 is 0 Å². The van der Waals surface area contributed by atoms with Crippen LogP contribution >= 0.6 is 0 Å². The van der Waals surface area contributed by atoms with Crippen LogP contribution in [0.1, 0.15) is 62.8 Å². The lowest BCUT2D eigenvalue weighted by atomic mass is 9.89. The number of fused-ring (bicyclic) bond motifs is 1. The lowest BCUT2D eigenvalue weighted by Gasteiger charge is -2.27. The van der Waals surface area contributed by atoms with Crippen LogP contribution in [0, 0.1) is 5.41 Å². The molecule has 2 N–H and O–H groups in total. The fourth-order valence-electron chi connectivity index (χ4n) is 3.38. The zero-order chi connectivity index (χ0) is 20.1. The molecule has 0 radical (unpaired) electrons. The average Bonchev–Trinajstić information content (AvgIpc) is 2.62. The van der Waals surface area contributed by atoms with Crippen LogP contribution in [0.5, 0.6) is 0 Å². The molecular formula is C21H35N3O2S. The third kappa shape index (κ3) is 7.17. The van der Waals surface area contributed by atoms with Gasteiger partial charge in [-0.15, -0.1) is 0 Å². The normalized spacial score (nSPS) is 16.6. The maximum Gasteiger partial charge on any atom is 0.191 e. The summed E-state index contributed by atoms with van der Waals surface area (Å²) in [6.07, 6.45) is 6.87. The maximum atomic E-state index is 11.4. The fourth-order valence-corrected chi connectivity index (χ4v) is 4.30. The standard InChI is InChI=1S/C21H35N3O2S/c1-16(18-11-10-17-8-6-7-9-19(17)14-18)24-20(22-4)23-15-21(2,3)12-13-27(5,25)26/h10-11,14,16H,6-9,12-13,15H2,1-5H3,(H2,22,23,24). The van der Waals surface area contributed by atoms with Crippen molar-refractivity contribution < 1.29 is 8.42 Å². The summed E-state index contributed by atoms with van der Waals surface area (Å²) < 4.78 is 22.8. The molecule has 0 bridgehead atoms. The van der Waals surface area contributed by atoms with E-state index < -0.39 is 9.84 Å². The van der Waals surface area contributed by atoms with Crippen LogP contribution in [-0.4, -0.2) is 40.0 Å². The van der Waals surface area contributed by atoms with Gasteiger partial charge in [-0.1, -0.05) is 32.0 Å². The summed E-state index contributed by atoms with van der Waals surface area (Å²) in [6.45, 7) is 6.96. The van der Waals surface area contributed by atoms with E-state index in [4.69, 9.17) is 0 Å². The molecule has 1 aliphatic rings. The highest BCUT2D eigenvalue weighted by atomic mass is 32.2. The monoisotopic (exact) mass is 393 g/mol. The molecule has 0 saturated heterocycles. The second-order valence-electron chi connectivity index (χ2n) is 8.57. The molecule has 0 fully saturated rings. The van der Waals surface area contributed by atoms with Gasteiger partial charge in [-0.05, 0) is 61.1 Å². The van der Waals surface area contributed by atoms with E-state index in [-0.39, 0.29) is 17.2 Å². The van der Waals surface area contributed by atoms with Crippen molar-refractivity contribution in [2.75, 3.05) is 25.6 Å². The molecule has 0 saturated carbocycles. The van der Waals surface area contributed by atoms with Crippen LogP contribution in [0.15, 0.2) is 23.2 Å². The molecular weight excluding hydrogens is 358 g/mol. The summed E-state index contributed by atoms with van der Waals surface area (Å²) in [5.41, 5.74) is 4.12. The third-order valence-electron chi connectivity index (χ3n) is 5.33. The first-order valence-electron chi connectivity index (χ1n) is 9.86. The topological polar surface area (TPSA) is 70.6 Å². The van der Waals surface area contributed by atoms with Crippen LogP contribution in [-0.2, 0) is 22.7 Å². The van der Waals surface area contributed by atoms with Gasteiger partial charge in [-0.3, -0.25) is 4.99 Å². The number of aliphatic imine (C=N–C) groups is 1. The quantitative estimate of drug-likeness (QED) is 0.551. The molecule has 1 aromatic carbocycles.